The second kappa shape index (κ2) is 5.46. The monoisotopic (exact) mass is 226 g/mol. The van der Waals surface area contributed by atoms with Crippen molar-refractivity contribution in [2.45, 2.75) is 13.3 Å². The molecule has 0 bridgehead atoms. The molecule has 0 saturated carbocycles. The van der Waals surface area contributed by atoms with Crippen molar-refractivity contribution in [3.05, 3.63) is 29.6 Å². The van der Waals surface area contributed by atoms with Crippen LogP contribution in [0.3, 0.4) is 0 Å². The number of likely N-dealkylation sites (N-methyl/N-ethyl adjacent to an activating group) is 1. The second-order valence-electron chi connectivity index (χ2n) is 3.38. The second-order valence-corrected chi connectivity index (χ2v) is 3.38. The molecule has 16 heavy (non-hydrogen) atoms. The third kappa shape index (κ3) is 3.20. The summed E-state index contributed by atoms with van der Waals surface area (Å²) in [7, 11) is 1.45. The smallest absolute Gasteiger partial charge is 0.240 e. The van der Waals surface area contributed by atoms with Gasteiger partial charge in [-0.05, 0) is 24.6 Å². The quantitative estimate of drug-likeness (QED) is 0.475. The molecule has 0 saturated heterocycles. The van der Waals surface area contributed by atoms with E-state index < -0.39 is 5.82 Å². The van der Waals surface area contributed by atoms with E-state index in [0.717, 1.165) is 5.01 Å². The highest BCUT2D eigenvalue weighted by atomic mass is 19.1. The Bertz CT molecular complexity index is 380. The van der Waals surface area contributed by atoms with Crippen LogP contribution in [0.1, 0.15) is 12.5 Å². The lowest BCUT2D eigenvalue weighted by atomic mass is 10.1. The maximum atomic E-state index is 13.4. The van der Waals surface area contributed by atoms with Crippen molar-refractivity contribution in [3.63, 3.8) is 0 Å². The maximum Gasteiger partial charge on any atom is 0.240 e. The van der Waals surface area contributed by atoms with E-state index >= 15 is 0 Å². The van der Waals surface area contributed by atoms with Crippen molar-refractivity contribution in [1.29, 1.82) is 0 Å². The van der Waals surface area contributed by atoms with Crippen LogP contribution in [0.15, 0.2) is 18.2 Å². The van der Waals surface area contributed by atoms with Crippen molar-refractivity contribution >= 4 is 5.91 Å². The van der Waals surface area contributed by atoms with Crippen LogP contribution in [-0.4, -0.2) is 24.6 Å². The van der Waals surface area contributed by atoms with Gasteiger partial charge in [0.15, 0.2) is 11.6 Å². The number of halogens is 1. The first-order chi connectivity index (χ1) is 7.54. The van der Waals surface area contributed by atoms with Gasteiger partial charge in [0, 0.05) is 7.05 Å². The van der Waals surface area contributed by atoms with E-state index in [2.05, 4.69) is 0 Å². The molecule has 4 nitrogen and oxygen atoms in total. The van der Waals surface area contributed by atoms with Gasteiger partial charge in [0.05, 0.1) is 13.0 Å². The standard InChI is InChI=1S/C11H15FN2O2/c1-3-16-10-5-4-8(6-9(10)12)7-11(15)14(2)13/h4-6H,3,7,13H2,1-2H3. The summed E-state index contributed by atoms with van der Waals surface area (Å²) in [5.74, 6) is 4.72. The van der Waals surface area contributed by atoms with Gasteiger partial charge in [-0.25, -0.2) is 10.2 Å². The highest BCUT2D eigenvalue weighted by molar-refractivity contribution is 5.77. The molecule has 0 aliphatic carbocycles. The summed E-state index contributed by atoms with van der Waals surface area (Å²) in [5.41, 5.74) is 0.572. The number of nitrogens with zero attached hydrogens (tertiary/aromatic N) is 1. The van der Waals surface area contributed by atoms with E-state index in [-0.39, 0.29) is 18.1 Å². The van der Waals surface area contributed by atoms with Crippen LogP contribution in [0.4, 0.5) is 4.39 Å². The number of benzene rings is 1. The van der Waals surface area contributed by atoms with Crippen LogP contribution < -0.4 is 10.6 Å². The summed E-state index contributed by atoms with van der Waals surface area (Å²) in [4.78, 5) is 11.3. The zero-order valence-electron chi connectivity index (χ0n) is 9.37. The first kappa shape index (κ1) is 12.4. The minimum atomic E-state index is -0.466. The van der Waals surface area contributed by atoms with Crippen LogP contribution in [0.5, 0.6) is 5.75 Å². The van der Waals surface area contributed by atoms with Crippen molar-refractivity contribution in [2.24, 2.45) is 5.84 Å². The number of ether oxygens (including phenoxy) is 1. The Balaban J connectivity index is 2.77. The molecule has 5 heteroatoms. The average molecular weight is 226 g/mol. The molecular weight excluding hydrogens is 211 g/mol. The lowest BCUT2D eigenvalue weighted by Gasteiger charge is -2.10. The number of hydrogen-bond acceptors (Lipinski definition) is 3. The fourth-order valence-electron chi connectivity index (χ4n) is 1.23. The summed E-state index contributed by atoms with van der Waals surface area (Å²) >= 11 is 0. The van der Waals surface area contributed by atoms with Gasteiger partial charge in [-0.2, -0.15) is 0 Å². The molecule has 1 aromatic carbocycles. The largest absolute Gasteiger partial charge is 0.491 e. The van der Waals surface area contributed by atoms with Gasteiger partial charge in [-0.15, -0.1) is 0 Å². The van der Waals surface area contributed by atoms with E-state index in [0.29, 0.717) is 12.2 Å². The van der Waals surface area contributed by atoms with Crippen molar-refractivity contribution < 1.29 is 13.9 Å². The normalized spacial score (nSPS) is 10.0. The van der Waals surface area contributed by atoms with E-state index in [4.69, 9.17) is 10.6 Å². The topological polar surface area (TPSA) is 55.6 Å². The fourth-order valence-corrected chi connectivity index (χ4v) is 1.23. The van der Waals surface area contributed by atoms with Gasteiger partial charge in [-0.1, -0.05) is 6.07 Å². The van der Waals surface area contributed by atoms with Crippen molar-refractivity contribution in [3.8, 4) is 5.75 Å². The number of hydrazine groups is 1. The van der Waals surface area contributed by atoms with Crippen molar-refractivity contribution in [1.82, 2.24) is 5.01 Å². The Morgan fingerprint density at radius 1 is 1.56 bits per heavy atom. The Kier molecular flexibility index (Phi) is 4.25. The van der Waals surface area contributed by atoms with Gasteiger partial charge >= 0.3 is 0 Å². The van der Waals surface area contributed by atoms with E-state index in [9.17, 15) is 9.18 Å². The molecule has 0 spiro atoms. The number of amides is 1. The van der Waals surface area contributed by atoms with E-state index in [1.165, 1.54) is 19.2 Å². The molecule has 1 rings (SSSR count). The first-order valence-corrected chi connectivity index (χ1v) is 4.97. The Labute approximate surface area is 93.8 Å². The van der Waals surface area contributed by atoms with Gasteiger partial charge in [-0.3, -0.25) is 9.80 Å². The Morgan fingerprint density at radius 3 is 2.75 bits per heavy atom. The fraction of sp³-hybridized carbons (Fsp3) is 0.364. The molecule has 2 N–H and O–H groups in total. The summed E-state index contributed by atoms with van der Waals surface area (Å²) < 4.78 is 18.5. The molecule has 0 radical (unpaired) electrons. The number of nitrogens with two attached hydrogens (primary N) is 1. The maximum absolute atomic E-state index is 13.4. The van der Waals surface area contributed by atoms with E-state index in [1.54, 1.807) is 13.0 Å². The minimum absolute atomic E-state index is 0.0797. The lowest BCUT2D eigenvalue weighted by Crippen LogP contribution is -2.34. The summed E-state index contributed by atoms with van der Waals surface area (Å²) in [5, 5.41) is 0.981. The zero-order chi connectivity index (χ0) is 12.1. The molecule has 1 amide bonds. The zero-order valence-corrected chi connectivity index (χ0v) is 9.37. The molecule has 0 unspecified atom stereocenters. The Morgan fingerprint density at radius 2 is 2.25 bits per heavy atom. The molecule has 0 aromatic heterocycles. The number of rotatable bonds is 4. The minimum Gasteiger partial charge on any atom is -0.491 e. The van der Waals surface area contributed by atoms with Gasteiger partial charge < -0.3 is 4.74 Å². The molecule has 0 aliphatic heterocycles. The molecule has 0 aliphatic rings. The highest BCUT2D eigenvalue weighted by Crippen LogP contribution is 2.18. The molecule has 88 valence electrons. The number of carbonyl (C=O) groups is 1. The van der Waals surface area contributed by atoms with Crippen LogP contribution in [0.25, 0.3) is 0 Å². The number of carbonyl (C=O) groups excluding carboxylic acids is 1. The molecule has 0 atom stereocenters. The summed E-state index contributed by atoms with van der Waals surface area (Å²) in [6.07, 6.45) is 0.0797. The first-order valence-electron chi connectivity index (χ1n) is 4.97. The Hall–Kier alpha value is -1.62. The van der Waals surface area contributed by atoms with Gasteiger partial charge in [0.2, 0.25) is 5.91 Å². The molecular formula is C11H15FN2O2. The molecule has 0 fully saturated rings. The van der Waals surface area contributed by atoms with Crippen LogP contribution >= 0.6 is 0 Å². The predicted octanol–water partition coefficient (Wildman–Crippen LogP) is 1.10. The highest BCUT2D eigenvalue weighted by Gasteiger charge is 2.09. The van der Waals surface area contributed by atoms with Crippen LogP contribution in [-0.2, 0) is 11.2 Å². The van der Waals surface area contributed by atoms with Gasteiger partial charge in [0.25, 0.3) is 0 Å². The van der Waals surface area contributed by atoms with Gasteiger partial charge in [0.1, 0.15) is 0 Å². The third-order valence-electron chi connectivity index (χ3n) is 2.04. The molecule has 1 aromatic rings. The average Bonchev–Trinajstić information content (AvgIpc) is 2.22. The van der Waals surface area contributed by atoms with Crippen molar-refractivity contribution in [2.75, 3.05) is 13.7 Å². The summed E-state index contributed by atoms with van der Waals surface area (Å²) in [6, 6.07) is 4.44. The van der Waals surface area contributed by atoms with E-state index in [1.807, 2.05) is 0 Å². The van der Waals surface area contributed by atoms with Crippen LogP contribution in [0.2, 0.25) is 0 Å². The predicted molar refractivity (Wildman–Crippen MR) is 58.2 cm³/mol. The third-order valence-corrected chi connectivity index (χ3v) is 2.04. The SMILES string of the molecule is CCOc1ccc(CC(=O)N(C)N)cc1F. The van der Waals surface area contributed by atoms with Crippen LogP contribution in [0, 0.1) is 5.82 Å². The number of hydrogen-bond donors (Lipinski definition) is 1. The lowest BCUT2D eigenvalue weighted by molar-refractivity contribution is -0.129. The summed E-state index contributed by atoms with van der Waals surface area (Å²) in [6.45, 7) is 2.18. The molecule has 0 heterocycles.